The molecule has 4 aromatic rings. The summed E-state index contributed by atoms with van der Waals surface area (Å²) >= 11 is 6.29. The van der Waals surface area contributed by atoms with Crippen LogP contribution in [-0.4, -0.2) is 50.9 Å². The van der Waals surface area contributed by atoms with E-state index in [-0.39, 0.29) is 38.8 Å². The zero-order chi connectivity index (χ0) is 36.9. The predicted octanol–water partition coefficient (Wildman–Crippen LogP) is 8.56. The summed E-state index contributed by atoms with van der Waals surface area (Å²) in [6.45, 7) is 7.81. The van der Waals surface area contributed by atoms with Crippen molar-refractivity contribution in [1.82, 2.24) is 0 Å². The number of nitriles is 1. The first-order valence-corrected chi connectivity index (χ1v) is 17.5. The Bertz CT molecular complexity index is 1910. The number of rotatable bonds is 17. The van der Waals surface area contributed by atoms with Crippen LogP contribution < -0.4 is 18.9 Å². The third-order valence-electron chi connectivity index (χ3n) is 8.67. The number of esters is 3. The maximum absolute atomic E-state index is 12.8. The fourth-order valence-electron chi connectivity index (χ4n) is 5.34. The van der Waals surface area contributed by atoms with E-state index >= 15 is 0 Å². The second-order valence-electron chi connectivity index (χ2n) is 12.6. The summed E-state index contributed by atoms with van der Waals surface area (Å²) in [5.74, 6) is -0.750. The van der Waals surface area contributed by atoms with Crippen molar-refractivity contribution in [2.45, 2.75) is 46.0 Å². The molecular formula is C41H40ClNO9. The minimum Gasteiger partial charge on any atom is -0.493 e. The van der Waals surface area contributed by atoms with Gasteiger partial charge >= 0.3 is 17.9 Å². The van der Waals surface area contributed by atoms with Gasteiger partial charge in [-0.3, -0.25) is 0 Å². The van der Waals surface area contributed by atoms with Crippen LogP contribution >= 0.6 is 11.6 Å². The van der Waals surface area contributed by atoms with Crippen LogP contribution in [0.4, 0.5) is 0 Å². The molecule has 0 bridgehead atoms. The molecule has 1 aliphatic heterocycles. The molecule has 1 heterocycles. The van der Waals surface area contributed by atoms with Gasteiger partial charge in [0.1, 0.15) is 23.0 Å². The number of halogens is 1. The maximum atomic E-state index is 12.8. The fourth-order valence-corrected chi connectivity index (χ4v) is 5.56. The molecule has 0 spiro atoms. The predicted molar refractivity (Wildman–Crippen MR) is 193 cm³/mol. The number of unbranched alkanes of at least 4 members (excludes halogenated alkanes) is 3. The lowest BCUT2D eigenvalue weighted by atomic mass is 9.84. The zero-order valence-corrected chi connectivity index (χ0v) is 29.9. The van der Waals surface area contributed by atoms with Gasteiger partial charge < -0.3 is 28.4 Å². The Hall–Kier alpha value is -5.21. The van der Waals surface area contributed by atoms with E-state index in [4.69, 9.17) is 45.3 Å². The molecule has 0 unspecified atom stereocenters. The second-order valence-corrected chi connectivity index (χ2v) is 13.0. The molecule has 1 fully saturated rings. The summed E-state index contributed by atoms with van der Waals surface area (Å²) in [4.78, 5) is 38.2. The molecule has 0 aromatic heterocycles. The molecule has 5 rings (SSSR count). The quantitative estimate of drug-likeness (QED) is 0.0593. The molecule has 4 aromatic carbocycles. The van der Waals surface area contributed by atoms with Gasteiger partial charge in [0, 0.05) is 12.0 Å². The van der Waals surface area contributed by atoms with Crippen molar-refractivity contribution in [3.63, 3.8) is 0 Å². The normalized spacial score (nSPS) is 13.0. The topological polar surface area (TPSA) is 130 Å². The lowest BCUT2D eigenvalue weighted by Crippen LogP contribution is -2.45. The zero-order valence-electron chi connectivity index (χ0n) is 29.2. The maximum Gasteiger partial charge on any atom is 0.343 e. The van der Waals surface area contributed by atoms with E-state index in [1.807, 2.05) is 13.0 Å². The van der Waals surface area contributed by atoms with Crippen molar-refractivity contribution in [3.8, 4) is 29.1 Å². The molecule has 0 saturated carbocycles. The van der Waals surface area contributed by atoms with E-state index in [1.54, 1.807) is 36.4 Å². The Balaban J connectivity index is 1.03. The van der Waals surface area contributed by atoms with Gasteiger partial charge in [0.15, 0.2) is 0 Å². The number of hydrogen-bond acceptors (Lipinski definition) is 10. The number of ether oxygens (including phenoxy) is 6. The minimum absolute atomic E-state index is 0.0167. The van der Waals surface area contributed by atoms with Crippen molar-refractivity contribution in [2.75, 3.05) is 33.0 Å². The van der Waals surface area contributed by atoms with E-state index < -0.39 is 17.9 Å². The highest BCUT2D eigenvalue weighted by Crippen LogP contribution is 2.31. The molecule has 0 amide bonds. The molecule has 0 N–H and O–H groups in total. The lowest BCUT2D eigenvalue weighted by Gasteiger charge is -2.40. The van der Waals surface area contributed by atoms with Crippen LogP contribution in [0, 0.1) is 23.7 Å². The van der Waals surface area contributed by atoms with Gasteiger partial charge in [-0.25, -0.2) is 14.4 Å². The van der Waals surface area contributed by atoms with Gasteiger partial charge in [-0.05, 0) is 117 Å². The van der Waals surface area contributed by atoms with Crippen LogP contribution in [0.15, 0.2) is 84.9 Å². The van der Waals surface area contributed by atoms with Gasteiger partial charge in [0.05, 0.1) is 59.8 Å². The van der Waals surface area contributed by atoms with Gasteiger partial charge in [-0.2, -0.15) is 5.26 Å². The highest BCUT2D eigenvalue weighted by atomic mass is 35.5. The smallest absolute Gasteiger partial charge is 0.343 e. The van der Waals surface area contributed by atoms with Gasteiger partial charge in [-0.1, -0.05) is 31.0 Å². The van der Waals surface area contributed by atoms with Gasteiger partial charge in [-0.15, -0.1) is 0 Å². The van der Waals surface area contributed by atoms with Crippen LogP contribution in [0.25, 0.3) is 0 Å². The first kappa shape index (κ1) is 38.0. The molecular weight excluding hydrogens is 686 g/mol. The number of hydrogen-bond donors (Lipinski definition) is 0. The van der Waals surface area contributed by atoms with Gasteiger partial charge in [0.25, 0.3) is 0 Å². The first-order valence-electron chi connectivity index (χ1n) is 17.1. The van der Waals surface area contributed by atoms with Crippen molar-refractivity contribution in [2.24, 2.45) is 5.41 Å². The molecule has 0 atom stereocenters. The number of carbonyl (C=O) groups is 3. The van der Waals surface area contributed by atoms with Crippen LogP contribution in [0.3, 0.4) is 0 Å². The summed E-state index contributed by atoms with van der Waals surface area (Å²) in [7, 11) is 0. The summed E-state index contributed by atoms with van der Waals surface area (Å²) in [6, 6.07) is 23.3. The van der Waals surface area contributed by atoms with Crippen LogP contribution in [0.1, 0.15) is 81.2 Å². The second kappa shape index (κ2) is 18.3. The van der Waals surface area contributed by atoms with Crippen molar-refractivity contribution in [3.05, 3.63) is 118 Å². The van der Waals surface area contributed by atoms with E-state index in [2.05, 4.69) is 6.92 Å². The lowest BCUT2D eigenvalue weighted by molar-refractivity contribution is -0.150. The van der Waals surface area contributed by atoms with Crippen molar-refractivity contribution in [1.29, 1.82) is 5.26 Å². The number of nitrogens with zero attached hydrogens (tertiary/aromatic N) is 1. The highest BCUT2D eigenvalue weighted by molar-refractivity contribution is 6.32. The Labute approximate surface area is 308 Å². The third-order valence-corrected chi connectivity index (χ3v) is 8.97. The Morgan fingerprint density at radius 3 is 2.02 bits per heavy atom. The summed E-state index contributed by atoms with van der Waals surface area (Å²) < 4.78 is 33.4. The molecule has 270 valence electrons. The molecule has 10 nitrogen and oxygen atoms in total. The van der Waals surface area contributed by atoms with Crippen molar-refractivity contribution < 1.29 is 42.8 Å². The minimum atomic E-state index is -0.705. The van der Waals surface area contributed by atoms with Crippen LogP contribution in [0.5, 0.6) is 23.0 Å². The molecule has 1 saturated heterocycles. The van der Waals surface area contributed by atoms with E-state index in [1.165, 1.54) is 48.5 Å². The van der Waals surface area contributed by atoms with Gasteiger partial charge in [0.2, 0.25) is 0 Å². The summed E-state index contributed by atoms with van der Waals surface area (Å²) in [5.41, 5.74) is 2.07. The number of benzene rings is 4. The monoisotopic (exact) mass is 725 g/mol. The number of aryl methyl sites for hydroxylation is 1. The average Bonchev–Trinajstić information content (AvgIpc) is 3.13. The molecule has 11 heteroatoms. The highest BCUT2D eigenvalue weighted by Gasteiger charge is 2.36. The SMILES string of the molecule is CCC1(COCCCCCCOc2ccc(C(=O)Oc3ccc(C(=O)Oc4ccc(C(=O)Oc5cccc(C#N)c5)cc4Cl)cc3)cc2C)COC1. The fraction of sp³-hybridized carbons (Fsp3) is 0.317. The summed E-state index contributed by atoms with van der Waals surface area (Å²) in [5, 5.41) is 9.05. The Kier molecular flexibility index (Phi) is 13.4. The van der Waals surface area contributed by atoms with Crippen LogP contribution in [-0.2, 0) is 9.47 Å². The average molecular weight is 726 g/mol. The Morgan fingerprint density at radius 2 is 1.38 bits per heavy atom. The van der Waals surface area contributed by atoms with E-state index in [9.17, 15) is 14.4 Å². The van der Waals surface area contributed by atoms with E-state index in [0.717, 1.165) is 64.1 Å². The largest absolute Gasteiger partial charge is 0.493 e. The number of carbonyl (C=O) groups excluding carboxylic acids is 3. The molecule has 1 aliphatic rings. The standard InChI is InChI=1S/C41H40ClNO9/c1-3-41(26-48-27-41)25-47-19-6-4-5-7-20-49-36-17-13-31(21-28(36)2)39(45)50-33-15-11-30(12-16-33)38(44)52-37-18-14-32(23-35(37)42)40(46)51-34-10-8-9-29(22-34)24-43/h8-18,21-23H,3-7,19-20,25-27H2,1-2H3. The summed E-state index contributed by atoms with van der Waals surface area (Å²) in [6.07, 6.45) is 5.17. The third kappa shape index (κ3) is 10.4. The van der Waals surface area contributed by atoms with E-state index in [0.29, 0.717) is 23.5 Å². The molecule has 52 heavy (non-hydrogen) atoms. The Morgan fingerprint density at radius 1 is 0.750 bits per heavy atom. The first-order chi connectivity index (χ1) is 25.2. The van der Waals surface area contributed by atoms with Crippen molar-refractivity contribution >= 4 is 29.5 Å². The molecule has 0 radical (unpaired) electrons. The molecule has 0 aliphatic carbocycles. The van der Waals surface area contributed by atoms with Crippen LogP contribution in [0.2, 0.25) is 5.02 Å².